The largest absolute Gasteiger partial charge is 0.372 e. The smallest absolute Gasteiger partial charge is 0.291 e. The number of H-pyrrole nitrogens is 1. The third kappa shape index (κ3) is 3.19. The van der Waals surface area contributed by atoms with Crippen LogP contribution in [0.25, 0.3) is 0 Å². The van der Waals surface area contributed by atoms with Gasteiger partial charge in [-0.25, -0.2) is 4.39 Å². The van der Waals surface area contributed by atoms with Crippen LogP contribution in [0.1, 0.15) is 30.9 Å². The van der Waals surface area contributed by atoms with Crippen LogP contribution in [0, 0.1) is 0 Å². The van der Waals surface area contributed by atoms with Crippen molar-refractivity contribution >= 4 is 11.9 Å². The average Bonchev–Trinajstić information content (AvgIpc) is 2.77. The Morgan fingerprint density at radius 2 is 2.37 bits per heavy atom. The molecule has 0 spiro atoms. The summed E-state index contributed by atoms with van der Waals surface area (Å²) in [5.74, 6) is -0.360. The summed E-state index contributed by atoms with van der Waals surface area (Å²) in [6, 6.07) is 0. The number of aromatic amines is 1. The molecule has 7 nitrogen and oxygen atoms in total. The molecule has 2 rings (SSSR count). The number of halogens is 1. The van der Waals surface area contributed by atoms with Crippen LogP contribution >= 0.6 is 0 Å². The van der Waals surface area contributed by atoms with Gasteiger partial charge in [-0.1, -0.05) is 0 Å². The Morgan fingerprint density at radius 1 is 1.63 bits per heavy atom. The molecule has 2 atom stereocenters. The summed E-state index contributed by atoms with van der Waals surface area (Å²) in [4.78, 5) is 17.2. The van der Waals surface area contributed by atoms with Gasteiger partial charge in [0.15, 0.2) is 0 Å². The SMILES string of the molecule is CC(C)O[C@H]1CCN(C(=O)c2nc(N)n[nH]2)C[C@H]1F. The van der Waals surface area contributed by atoms with E-state index in [0.717, 1.165) is 0 Å². The molecule has 3 N–H and O–H groups in total. The molecular formula is C11H18FN5O2. The van der Waals surface area contributed by atoms with Crippen molar-refractivity contribution in [1.82, 2.24) is 20.1 Å². The van der Waals surface area contributed by atoms with Gasteiger partial charge in [0.05, 0.1) is 18.8 Å². The number of rotatable bonds is 3. The third-order valence-electron chi connectivity index (χ3n) is 2.92. The van der Waals surface area contributed by atoms with E-state index < -0.39 is 18.2 Å². The highest BCUT2D eigenvalue weighted by atomic mass is 19.1. The van der Waals surface area contributed by atoms with Crippen molar-refractivity contribution in [2.75, 3.05) is 18.8 Å². The van der Waals surface area contributed by atoms with E-state index in [1.807, 2.05) is 13.8 Å². The lowest BCUT2D eigenvalue weighted by Gasteiger charge is -2.34. The van der Waals surface area contributed by atoms with E-state index in [1.165, 1.54) is 4.90 Å². The van der Waals surface area contributed by atoms with Crippen LogP contribution in [0.15, 0.2) is 0 Å². The quantitative estimate of drug-likeness (QED) is 0.827. The Labute approximate surface area is 110 Å². The number of anilines is 1. The molecule has 1 fully saturated rings. The second-order valence-corrected chi connectivity index (χ2v) is 4.82. The topological polar surface area (TPSA) is 97.1 Å². The van der Waals surface area contributed by atoms with Crippen molar-refractivity contribution < 1.29 is 13.9 Å². The normalized spacial score (nSPS) is 23.9. The van der Waals surface area contributed by atoms with Gasteiger partial charge in [-0.2, -0.15) is 4.98 Å². The molecule has 1 amide bonds. The number of nitrogens with one attached hydrogen (secondary N) is 1. The molecule has 2 heterocycles. The maximum absolute atomic E-state index is 13.9. The lowest BCUT2D eigenvalue weighted by atomic mass is 10.1. The highest BCUT2D eigenvalue weighted by Crippen LogP contribution is 2.19. The summed E-state index contributed by atoms with van der Waals surface area (Å²) in [6.45, 7) is 4.15. The number of amides is 1. The van der Waals surface area contributed by atoms with Gasteiger partial charge in [-0.05, 0) is 20.3 Å². The van der Waals surface area contributed by atoms with E-state index >= 15 is 0 Å². The number of likely N-dealkylation sites (tertiary alicyclic amines) is 1. The number of ether oxygens (including phenoxy) is 1. The number of piperidine rings is 1. The van der Waals surface area contributed by atoms with Gasteiger partial charge in [0.1, 0.15) is 6.17 Å². The standard InChI is InChI=1S/C11H18FN5O2/c1-6(2)19-8-3-4-17(5-7(8)12)10(18)9-14-11(13)16-15-9/h6-8H,3-5H2,1-2H3,(H3,13,14,15,16)/t7-,8+/m1/s1. The zero-order valence-electron chi connectivity index (χ0n) is 11.0. The Hall–Kier alpha value is -1.70. The number of alkyl halides is 1. The van der Waals surface area contributed by atoms with Crippen molar-refractivity contribution in [1.29, 1.82) is 0 Å². The van der Waals surface area contributed by atoms with Crippen LogP contribution in [0.2, 0.25) is 0 Å². The highest BCUT2D eigenvalue weighted by molar-refractivity contribution is 5.90. The number of aromatic nitrogens is 3. The molecule has 0 aliphatic carbocycles. The van der Waals surface area contributed by atoms with Crippen molar-refractivity contribution in [3.63, 3.8) is 0 Å². The zero-order chi connectivity index (χ0) is 14.0. The predicted octanol–water partition coefficient (Wildman–Crippen LogP) is 0.365. The Morgan fingerprint density at radius 3 is 2.89 bits per heavy atom. The molecule has 1 saturated heterocycles. The monoisotopic (exact) mass is 271 g/mol. The van der Waals surface area contributed by atoms with Crippen molar-refractivity contribution in [3.05, 3.63) is 5.82 Å². The molecule has 0 bridgehead atoms. The van der Waals surface area contributed by atoms with Crippen LogP contribution in [-0.4, -0.2) is 57.5 Å². The number of nitrogens with two attached hydrogens (primary N) is 1. The fourth-order valence-electron chi connectivity index (χ4n) is 2.09. The third-order valence-corrected chi connectivity index (χ3v) is 2.92. The molecule has 1 aromatic rings. The van der Waals surface area contributed by atoms with Gasteiger partial charge in [0.2, 0.25) is 11.8 Å². The molecule has 1 aliphatic heterocycles. The highest BCUT2D eigenvalue weighted by Gasteiger charge is 2.33. The number of nitrogen functional groups attached to an aromatic ring is 1. The minimum atomic E-state index is -1.19. The molecule has 0 unspecified atom stereocenters. The van der Waals surface area contributed by atoms with Crippen molar-refractivity contribution in [3.8, 4) is 0 Å². The number of hydrogen-bond donors (Lipinski definition) is 2. The lowest BCUT2D eigenvalue weighted by Crippen LogP contribution is -2.49. The summed E-state index contributed by atoms with van der Waals surface area (Å²) in [5.41, 5.74) is 5.33. The molecule has 8 heteroatoms. The number of nitrogens with zero attached hydrogens (tertiary/aromatic N) is 3. The van der Waals surface area contributed by atoms with Gasteiger partial charge in [-0.15, -0.1) is 5.10 Å². The van der Waals surface area contributed by atoms with Crippen LogP contribution in [0.3, 0.4) is 0 Å². The second kappa shape index (κ2) is 5.52. The number of carbonyl (C=O) groups excluding carboxylic acids is 1. The van der Waals surface area contributed by atoms with Crippen molar-refractivity contribution in [2.45, 2.75) is 38.6 Å². The molecule has 1 aliphatic rings. The van der Waals surface area contributed by atoms with Crippen LogP contribution in [0.4, 0.5) is 10.3 Å². The first-order chi connectivity index (χ1) is 8.97. The maximum atomic E-state index is 13.9. The first-order valence-electron chi connectivity index (χ1n) is 6.24. The van der Waals surface area contributed by atoms with E-state index in [-0.39, 0.29) is 24.4 Å². The van der Waals surface area contributed by atoms with E-state index in [4.69, 9.17) is 10.5 Å². The summed E-state index contributed by atoms with van der Waals surface area (Å²) < 4.78 is 19.4. The number of carbonyl (C=O) groups is 1. The van der Waals surface area contributed by atoms with Crippen molar-refractivity contribution in [2.24, 2.45) is 0 Å². The predicted molar refractivity (Wildman–Crippen MR) is 66.2 cm³/mol. The minimum Gasteiger partial charge on any atom is -0.372 e. The van der Waals surface area contributed by atoms with E-state index in [9.17, 15) is 9.18 Å². The van der Waals surface area contributed by atoms with E-state index in [1.54, 1.807) is 0 Å². The zero-order valence-corrected chi connectivity index (χ0v) is 11.0. The summed E-state index contributed by atoms with van der Waals surface area (Å²) in [7, 11) is 0. The summed E-state index contributed by atoms with van der Waals surface area (Å²) >= 11 is 0. The molecule has 106 valence electrons. The lowest BCUT2D eigenvalue weighted by molar-refractivity contribution is -0.0667. The van der Waals surface area contributed by atoms with Gasteiger partial charge in [-0.3, -0.25) is 9.89 Å². The fraction of sp³-hybridized carbons (Fsp3) is 0.727. The molecule has 19 heavy (non-hydrogen) atoms. The van der Waals surface area contributed by atoms with Crippen LogP contribution in [-0.2, 0) is 4.74 Å². The van der Waals surface area contributed by atoms with Crippen LogP contribution < -0.4 is 5.73 Å². The van der Waals surface area contributed by atoms with Gasteiger partial charge >= 0.3 is 0 Å². The molecule has 0 saturated carbocycles. The molecule has 1 aromatic heterocycles. The minimum absolute atomic E-state index is 0.00169. The Bertz CT molecular complexity index is 450. The first-order valence-corrected chi connectivity index (χ1v) is 6.24. The van der Waals surface area contributed by atoms with Crippen LogP contribution in [0.5, 0.6) is 0 Å². The van der Waals surface area contributed by atoms with E-state index in [0.29, 0.717) is 13.0 Å². The van der Waals surface area contributed by atoms with E-state index in [2.05, 4.69) is 15.2 Å². The Kier molecular flexibility index (Phi) is 3.98. The summed E-state index contributed by atoms with van der Waals surface area (Å²) in [5, 5.41) is 6.01. The van der Waals surface area contributed by atoms with Gasteiger partial charge < -0.3 is 15.4 Å². The molecule has 0 radical (unpaired) electrons. The van der Waals surface area contributed by atoms with Gasteiger partial charge in [0, 0.05) is 6.54 Å². The maximum Gasteiger partial charge on any atom is 0.291 e. The first kappa shape index (κ1) is 13.7. The summed E-state index contributed by atoms with van der Waals surface area (Å²) in [6.07, 6.45) is -1.21. The molecule has 0 aromatic carbocycles. The molecular weight excluding hydrogens is 253 g/mol. The number of hydrogen-bond acceptors (Lipinski definition) is 5. The second-order valence-electron chi connectivity index (χ2n) is 4.82. The average molecular weight is 271 g/mol. The Balaban J connectivity index is 1.96. The fourth-order valence-corrected chi connectivity index (χ4v) is 2.09. The van der Waals surface area contributed by atoms with Gasteiger partial charge in [0.25, 0.3) is 5.91 Å².